The average Bonchev–Trinajstić information content (AvgIpc) is 2.99. The molecule has 2 aromatic carbocycles. The zero-order valence-electron chi connectivity index (χ0n) is 24.9. The molecular formula is C32H38N2O9. The van der Waals surface area contributed by atoms with Gasteiger partial charge in [-0.3, -0.25) is 10.1 Å². The van der Waals surface area contributed by atoms with Crippen LogP contribution in [-0.2, 0) is 35.0 Å². The number of dihydropyridines is 1. The van der Waals surface area contributed by atoms with E-state index in [4.69, 9.17) is 23.7 Å². The van der Waals surface area contributed by atoms with E-state index in [1.165, 1.54) is 25.3 Å². The number of nitro benzene ring substituents is 1. The van der Waals surface area contributed by atoms with Crippen LogP contribution < -0.4 is 10.1 Å². The molecule has 0 saturated carbocycles. The Morgan fingerprint density at radius 3 is 2.42 bits per heavy atom. The summed E-state index contributed by atoms with van der Waals surface area (Å²) in [4.78, 5) is 37.1. The molecule has 1 fully saturated rings. The van der Waals surface area contributed by atoms with Gasteiger partial charge in [0, 0.05) is 30.1 Å². The monoisotopic (exact) mass is 594 g/mol. The minimum absolute atomic E-state index is 0.0190. The molecule has 1 N–H and O–H groups in total. The second-order valence-corrected chi connectivity index (χ2v) is 10.6. The highest BCUT2D eigenvalue weighted by Crippen LogP contribution is 2.40. The van der Waals surface area contributed by atoms with Gasteiger partial charge < -0.3 is 29.0 Å². The van der Waals surface area contributed by atoms with Gasteiger partial charge in [0.2, 0.25) is 0 Å². The Kier molecular flexibility index (Phi) is 10.9. The third-order valence-corrected chi connectivity index (χ3v) is 7.35. The summed E-state index contributed by atoms with van der Waals surface area (Å²) in [7, 11) is 1.24. The molecule has 2 aromatic rings. The van der Waals surface area contributed by atoms with Crippen LogP contribution >= 0.6 is 0 Å². The van der Waals surface area contributed by atoms with Crippen LogP contribution in [0.1, 0.15) is 57.1 Å². The van der Waals surface area contributed by atoms with Crippen molar-refractivity contribution in [1.29, 1.82) is 0 Å². The fraction of sp³-hybridized carbons (Fsp3) is 0.438. The number of methoxy groups -OCH3 is 1. The number of nitro groups is 1. The van der Waals surface area contributed by atoms with Crippen LogP contribution in [0.4, 0.5) is 5.69 Å². The lowest BCUT2D eigenvalue weighted by atomic mass is 9.80. The van der Waals surface area contributed by atoms with Crippen molar-refractivity contribution >= 4 is 17.6 Å². The Bertz CT molecular complexity index is 1380. The maximum absolute atomic E-state index is 13.4. The van der Waals surface area contributed by atoms with Crippen molar-refractivity contribution in [3.63, 3.8) is 0 Å². The number of non-ortho nitro benzene ring substituents is 1. The molecule has 0 aromatic heterocycles. The van der Waals surface area contributed by atoms with E-state index < -0.39 is 22.8 Å². The highest BCUT2D eigenvalue weighted by Gasteiger charge is 2.38. The number of nitrogens with one attached hydrogen (secondary N) is 1. The Labute approximate surface area is 250 Å². The number of carbonyl (C=O) groups excluding carboxylic acids is 2. The molecule has 230 valence electrons. The molecule has 1 saturated heterocycles. The van der Waals surface area contributed by atoms with Gasteiger partial charge in [0.15, 0.2) is 6.29 Å². The third-order valence-electron chi connectivity index (χ3n) is 7.35. The van der Waals surface area contributed by atoms with E-state index in [0.717, 1.165) is 37.9 Å². The minimum atomic E-state index is -0.925. The second-order valence-electron chi connectivity index (χ2n) is 10.6. The topological polar surface area (TPSA) is 135 Å². The first-order valence-corrected chi connectivity index (χ1v) is 14.3. The predicted octanol–water partition coefficient (Wildman–Crippen LogP) is 5.10. The lowest BCUT2D eigenvalue weighted by Crippen LogP contribution is -2.32. The zero-order valence-corrected chi connectivity index (χ0v) is 24.9. The number of hydrogen-bond acceptors (Lipinski definition) is 10. The lowest BCUT2D eigenvalue weighted by molar-refractivity contribution is -0.384. The van der Waals surface area contributed by atoms with Crippen LogP contribution in [0.5, 0.6) is 5.75 Å². The molecule has 3 atom stereocenters. The Hall–Kier alpha value is -4.22. The zero-order chi connectivity index (χ0) is 30.9. The maximum atomic E-state index is 13.4. The van der Waals surface area contributed by atoms with Crippen LogP contribution in [0.25, 0.3) is 0 Å². The van der Waals surface area contributed by atoms with Gasteiger partial charge in [-0.25, -0.2) is 9.59 Å². The summed E-state index contributed by atoms with van der Waals surface area (Å²) in [5.41, 5.74) is 2.61. The molecule has 2 aliphatic heterocycles. The van der Waals surface area contributed by atoms with E-state index in [-0.39, 0.29) is 42.4 Å². The van der Waals surface area contributed by atoms with Gasteiger partial charge in [-0.05, 0) is 69.7 Å². The van der Waals surface area contributed by atoms with Crippen molar-refractivity contribution in [2.24, 2.45) is 0 Å². The van der Waals surface area contributed by atoms with E-state index in [9.17, 15) is 19.7 Å². The molecule has 3 unspecified atom stereocenters. The van der Waals surface area contributed by atoms with Gasteiger partial charge in [-0.1, -0.05) is 24.3 Å². The number of carbonyl (C=O) groups is 2. The molecule has 43 heavy (non-hydrogen) atoms. The number of benzene rings is 2. The van der Waals surface area contributed by atoms with Gasteiger partial charge in [0.05, 0.1) is 35.2 Å². The van der Waals surface area contributed by atoms with E-state index in [1.807, 2.05) is 31.2 Å². The number of hydrogen-bond donors (Lipinski definition) is 1. The molecule has 0 spiro atoms. The van der Waals surface area contributed by atoms with Crippen LogP contribution in [0.15, 0.2) is 71.1 Å². The quantitative estimate of drug-likeness (QED) is 0.153. The van der Waals surface area contributed by atoms with E-state index in [1.54, 1.807) is 19.9 Å². The molecule has 0 bridgehead atoms. The van der Waals surface area contributed by atoms with E-state index >= 15 is 0 Å². The van der Waals surface area contributed by atoms with Gasteiger partial charge in [0.25, 0.3) is 5.69 Å². The molecule has 2 heterocycles. The normalized spacial score (nSPS) is 19.3. The van der Waals surface area contributed by atoms with Gasteiger partial charge in [-0.15, -0.1) is 0 Å². The van der Waals surface area contributed by atoms with Crippen molar-refractivity contribution in [2.75, 3.05) is 26.9 Å². The Balaban J connectivity index is 1.37. The first-order valence-electron chi connectivity index (χ1n) is 14.3. The van der Waals surface area contributed by atoms with Crippen molar-refractivity contribution in [3.05, 3.63) is 92.3 Å². The summed E-state index contributed by atoms with van der Waals surface area (Å²) >= 11 is 0. The van der Waals surface area contributed by atoms with Crippen molar-refractivity contribution < 1.29 is 38.2 Å². The summed E-state index contributed by atoms with van der Waals surface area (Å²) in [6.45, 7) is 6.19. The fourth-order valence-corrected chi connectivity index (χ4v) is 5.35. The molecular weight excluding hydrogens is 556 g/mol. The van der Waals surface area contributed by atoms with E-state index in [2.05, 4.69) is 5.32 Å². The SMILES string of the molecule is COC(=O)C1=C(C)NC(C)=C(C(=O)OCCOc2ccc(CC(C)OC3CCCCO3)cc2)C1c1cccc([N+](=O)[O-])c1. The fourth-order valence-electron chi connectivity index (χ4n) is 5.35. The van der Waals surface area contributed by atoms with Crippen LogP contribution in [0.3, 0.4) is 0 Å². The summed E-state index contributed by atoms with van der Waals surface area (Å²) < 4.78 is 28.0. The summed E-state index contributed by atoms with van der Waals surface area (Å²) in [6, 6.07) is 13.5. The number of rotatable bonds is 12. The summed E-state index contributed by atoms with van der Waals surface area (Å²) in [5.74, 6) is -1.63. The first-order chi connectivity index (χ1) is 20.7. The van der Waals surface area contributed by atoms with Crippen LogP contribution in [-0.4, -0.2) is 56.2 Å². The average molecular weight is 595 g/mol. The van der Waals surface area contributed by atoms with Crippen molar-refractivity contribution in [2.45, 2.75) is 64.8 Å². The number of esters is 2. The van der Waals surface area contributed by atoms with E-state index in [0.29, 0.717) is 22.7 Å². The van der Waals surface area contributed by atoms with Gasteiger partial charge in [-0.2, -0.15) is 0 Å². The standard InChI is InChI=1S/C32H38N2O9/c1-20(43-27-10-5-6-15-41-27)18-23-11-13-26(14-12-23)40-16-17-42-32(36)29-22(3)33-21(2)28(31(35)39-4)30(29)24-8-7-9-25(19-24)34(37)38/h7-9,11-14,19-20,27,30,33H,5-6,10,15-18H2,1-4H3. The van der Waals surface area contributed by atoms with Gasteiger partial charge >= 0.3 is 11.9 Å². The number of ether oxygens (including phenoxy) is 5. The lowest BCUT2D eigenvalue weighted by Gasteiger charge is -2.30. The van der Waals surface area contributed by atoms with Crippen LogP contribution in [0, 0.1) is 10.1 Å². The Morgan fingerprint density at radius 1 is 1.05 bits per heavy atom. The molecule has 0 amide bonds. The Morgan fingerprint density at radius 2 is 1.77 bits per heavy atom. The number of allylic oxidation sites excluding steroid dienone is 2. The molecule has 2 aliphatic rings. The van der Waals surface area contributed by atoms with Crippen LogP contribution in [0.2, 0.25) is 0 Å². The molecule has 0 aliphatic carbocycles. The van der Waals surface area contributed by atoms with Crippen molar-refractivity contribution in [1.82, 2.24) is 5.32 Å². The summed E-state index contributed by atoms with van der Waals surface area (Å²) in [6.07, 6.45) is 3.76. The highest BCUT2D eigenvalue weighted by atomic mass is 16.7. The molecule has 4 rings (SSSR count). The highest BCUT2D eigenvalue weighted by molar-refractivity contribution is 5.99. The smallest absolute Gasteiger partial charge is 0.336 e. The molecule has 11 nitrogen and oxygen atoms in total. The third kappa shape index (κ3) is 8.20. The summed E-state index contributed by atoms with van der Waals surface area (Å²) in [5, 5.41) is 14.5. The van der Waals surface area contributed by atoms with Crippen molar-refractivity contribution in [3.8, 4) is 5.75 Å². The maximum Gasteiger partial charge on any atom is 0.336 e. The second kappa shape index (κ2) is 14.8. The minimum Gasteiger partial charge on any atom is -0.490 e. The predicted molar refractivity (Wildman–Crippen MR) is 157 cm³/mol. The number of nitrogens with zero attached hydrogens (tertiary/aromatic N) is 1. The largest absolute Gasteiger partial charge is 0.490 e. The molecule has 0 radical (unpaired) electrons. The first kappa shape index (κ1) is 31.7. The van der Waals surface area contributed by atoms with Gasteiger partial charge in [0.1, 0.15) is 19.0 Å². The molecule has 11 heteroatoms.